The molecule has 1 amide bonds. The monoisotopic (exact) mass is 248 g/mol. The van der Waals surface area contributed by atoms with Gasteiger partial charge in [0, 0.05) is 11.5 Å². The Morgan fingerprint density at radius 2 is 1.75 bits per heavy atom. The standard InChI is InChI=1S/C12H24N2O.ClH/c1-9(2)10(3)11(15)14-12(4)5-7-13-8-6-12;/h9-10,13H,5-8H2,1-4H3,(H,14,15);1H. The van der Waals surface area contributed by atoms with Gasteiger partial charge in [-0.15, -0.1) is 12.4 Å². The number of nitrogens with one attached hydrogen (secondary N) is 2. The van der Waals surface area contributed by atoms with Crippen LogP contribution in [0, 0.1) is 11.8 Å². The van der Waals surface area contributed by atoms with Crippen molar-refractivity contribution < 1.29 is 4.79 Å². The van der Waals surface area contributed by atoms with Gasteiger partial charge in [0.15, 0.2) is 0 Å². The average molecular weight is 249 g/mol. The Kier molecular flexibility index (Phi) is 6.34. The summed E-state index contributed by atoms with van der Waals surface area (Å²) < 4.78 is 0. The highest BCUT2D eigenvalue weighted by Gasteiger charge is 2.30. The Morgan fingerprint density at radius 1 is 1.25 bits per heavy atom. The van der Waals surface area contributed by atoms with E-state index in [4.69, 9.17) is 0 Å². The molecule has 0 radical (unpaired) electrons. The molecule has 0 bridgehead atoms. The van der Waals surface area contributed by atoms with Crippen LogP contribution in [-0.4, -0.2) is 24.5 Å². The van der Waals surface area contributed by atoms with Gasteiger partial charge >= 0.3 is 0 Å². The van der Waals surface area contributed by atoms with Crippen molar-refractivity contribution in [1.29, 1.82) is 0 Å². The van der Waals surface area contributed by atoms with E-state index in [0.717, 1.165) is 25.9 Å². The zero-order valence-corrected chi connectivity index (χ0v) is 11.6. The summed E-state index contributed by atoms with van der Waals surface area (Å²) in [5, 5.41) is 6.51. The average Bonchev–Trinajstić information content (AvgIpc) is 2.16. The Morgan fingerprint density at radius 3 is 2.19 bits per heavy atom. The number of piperidine rings is 1. The molecule has 0 aliphatic carbocycles. The van der Waals surface area contributed by atoms with Crippen LogP contribution in [0.1, 0.15) is 40.5 Å². The lowest BCUT2D eigenvalue weighted by atomic mass is 9.88. The lowest BCUT2D eigenvalue weighted by molar-refractivity contribution is -0.127. The third-order valence-electron chi connectivity index (χ3n) is 3.55. The third kappa shape index (κ3) is 4.30. The van der Waals surface area contributed by atoms with E-state index in [9.17, 15) is 4.79 Å². The Labute approximate surface area is 105 Å². The van der Waals surface area contributed by atoms with Crippen LogP contribution in [0.3, 0.4) is 0 Å². The molecule has 1 unspecified atom stereocenters. The maximum absolute atomic E-state index is 11.9. The van der Waals surface area contributed by atoms with Crippen LogP contribution in [0.5, 0.6) is 0 Å². The van der Waals surface area contributed by atoms with Crippen LogP contribution in [0.2, 0.25) is 0 Å². The first-order chi connectivity index (χ1) is 6.94. The van der Waals surface area contributed by atoms with Crippen molar-refractivity contribution >= 4 is 18.3 Å². The van der Waals surface area contributed by atoms with E-state index < -0.39 is 0 Å². The zero-order chi connectivity index (χ0) is 11.5. The fourth-order valence-corrected chi connectivity index (χ4v) is 1.82. The minimum Gasteiger partial charge on any atom is -0.351 e. The second kappa shape index (κ2) is 6.45. The van der Waals surface area contributed by atoms with Gasteiger partial charge in [-0.05, 0) is 38.8 Å². The topological polar surface area (TPSA) is 41.1 Å². The van der Waals surface area contributed by atoms with Crippen molar-refractivity contribution in [1.82, 2.24) is 10.6 Å². The highest BCUT2D eigenvalue weighted by atomic mass is 35.5. The van der Waals surface area contributed by atoms with E-state index in [1.54, 1.807) is 0 Å². The number of carbonyl (C=O) groups excluding carboxylic acids is 1. The van der Waals surface area contributed by atoms with Crippen molar-refractivity contribution in [2.75, 3.05) is 13.1 Å². The molecule has 0 aromatic heterocycles. The molecule has 2 N–H and O–H groups in total. The highest BCUT2D eigenvalue weighted by molar-refractivity contribution is 5.85. The minimum absolute atomic E-state index is 0. The normalized spacial score (nSPS) is 21.1. The second-order valence-corrected chi connectivity index (χ2v) is 5.33. The van der Waals surface area contributed by atoms with Gasteiger partial charge in [0.05, 0.1) is 0 Å². The fraction of sp³-hybridized carbons (Fsp3) is 0.917. The second-order valence-electron chi connectivity index (χ2n) is 5.33. The molecule has 0 aromatic rings. The molecule has 4 heteroatoms. The van der Waals surface area contributed by atoms with Crippen molar-refractivity contribution in [3.63, 3.8) is 0 Å². The number of amides is 1. The first-order valence-electron chi connectivity index (χ1n) is 5.97. The fourth-order valence-electron chi connectivity index (χ4n) is 1.82. The third-order valence-corrected chi connectivity index (χ3v) is 3.55. The molecule has 0 spiro atoms. The quantitative estimate of drug-likeness (QED) is 0.802. The predicted octanol–water partition coefficient (Wildman–Crippen LogP) is 1.96. The van der Waals surface area contributed by atoms with E-state index in [1.807, 2.05) is 6.92 Å². The van der Waals surface area contributed by atoms with Crippen LogP contribution >= 0.6 is 12.4 Å². The Balaban J connectivity index is 0.00000225. The van der Waals surface area contributed by atoms with E-state index in [0.29, 0.717) is 5.92 Å². The number of rotatable bonds is 3. The highest BCUT2D eigenvalue weighted by Crippen LogP contribution is 2.19. The van der Waals surface area contributed by atoms with Crippen molar-refractivity contribution in [2.45, 2.75) is 46.1 Å². The van der Waals surface area contributed by atoms with Gasteiger partial charge in [0.2, 0.25) is 5.91 Å². The van der Waals surface area contributed by atoms with Crippen LogP contribution < -0.4 is 10.6 Å². The molecule has 1 fully saturated rings. The van der Waals surface area contributed by atoms with Crippen molar-refractivity contribution in [2.24, 2.45) is 11.8 Å². The molecule has 1 aliphatic heterocycles. The van der Waals surface area contributed by atoms with Gasteiger partial charge in [-0.1, -0.05) is 20.8 Å². The minimum atomic E-state index is 0. The molecular formula is C12H25ClN2O. The SMILES string of the molecule is CC(C)C(C)C(=O)NC1(C)CCNCC1.Cl. The summed E-state index contributed by atoms with van der Waals surface area (Å²) in [5.41, 5.74) is 0.00544. The van der Waals surface area contributed by atoms with Crippen LogP contribution in [0.4, 0.5) is 0 Å². The predicted molar refractivity (Wildman–Crippen MR) is 69.9 cm³/mol. The molecule has 3 nitrogen and oxygen atoms in total. The summed E-state index contributed by atoms with van der Waals surface area (Å²) in [6.45, 7) is 10.4. The van der Waals surface area contributed by atoms with Crippen molar-refractivity contribution in [3.05, 3.63) is 0 Å². The smallest absolute Gasteiger partial charge is 0.223 e. The van der Waals surface area contributed by atoms with Gasteiger partial charge in [-0.2, -0.15) is 0 Å². The molecule has 0 aromatic carbocycles. The molecule has 1 aliphatic rings. The van der Waals surface area contributed by atoms with Crippen LogP contribution in [0.25, 0.3) is 0 Å². The maximum Gasteiger partial charge on any atom is 0.223 e. The number of carbonyl (C=O) groups is 1. The van der Waals surface area contributed by atoms with Gasteiger partial charge in [-0.3, -0.25) is 4.79 Å². The molecule has 1 saturated heterocycles. The molecular weight excluding hydrogens is 224 g/mol. The zero-order valence-electron chi connectivity index (χ0n) is 10.8. The van der Waals surface area contributed by atoms with E-state index >= 15 is 0 Å². The van der Waals surface area contributed by atoms with Gasteiger partial charge < -0.3 is 10.6 Å². The molecule has 96 valence electrons. The van der Waals surface area contributed by atoms with Gasteiger partial charge in [0.25, 0.3) is 0 Å². The lowest BCUT2D eigenvalue weighted by Gasteiger charge is -2.36. The number of hydrogen-bond acceptors (Lipinski definition) is 2. The van der Waals surface area contributed by atoms with Crippen LogP contribution in [0.15, 0.2) is 0 Å². The summed E-state index contributed by atoms with van der Waals surface area (Å²) in [6.07, 6.45) is 2.06. The first kappa shape index (κ1) is 15.7. The number of hydrogen-bond donors (Lipinski definition) is 2. The van der Waals surface area contributed by atoms with Gasteiger partial charge in [0.1, 0.15) is 0 Å². The Hall–Kier alpha value is -0.280. The molecule has 1 atom stereocenters. The molecule has 1 heterocycles. The molecule has 16 heavy (non-hydrogen) atoms. The van der Waals surface area contributed by atoms with E-state index in [2.05, 4.69) is 31.4 Å². The Bertz CT molecular complexity index is 225. The summed E-state index contributed by atoms with van der Waals surface area (Å²) in [7, 11) is 0. The summed E-state index contributed by atoms with van der Waals surface area (Å²) in [5.74, 6) is 0.724. The summed E-state index contributed by atoms with van der Waals surface area (Å²) >= 11 is 0. The first-order valence-corrected chi connectivity index (χ1v) is 5.97. The van der Waals surface area contributed by atoms with E-state index in [1.165, 1.54) is 0 Å². The van der Waals surface area contributed by atoms with Crippen molar-refractivity contribution in [3.8, 4) is 0 Å². The number of halogens is 1. The lowest BCUT2D eigenvalue weighted by Crippen LogP contribution is -2.53. The van der Waals surface area contributed by atoms with E-state index in [-0.39, 0.29) is 29.8 Å². The largest absolute Gasteiger partial charge is 0.351 e. The summed E-state index contributed by atoms with van der Waals surface area (Å²) in [4.78, 5) is 11.9. The molecule has 0 saturated carbocycles. The van der Waals surface area contributed by atoms with Gasteiger partial charge in [-0.25, -0.2) is 0 Å². The molecule has 1 rings (SSSR count). The maximum atomic E-state index is 11.9. The summed E-state index contributed by atoms with van der Waals surface area (Å²) in [6, 6.07) is 0. The van der Waals surface area contributed by atoms with Crippen LogP contribution in [-0.2, 0) is 4.79 Å².